The van der Waals surface area contributed by atoms with Gasteiger partial charge in [-0.15, -0.1) is 0 Å². The Morgan fingerprint density at radius 2 is 1.16 bits per heavy atom. The van der Waals surface area contributed by atoms with Gasteiger partial charge in [0.1, 0.15) is 31.3 Å². The highest BCUT2D eigenvalue weighted by atomic mass is 35.6. The number of rotatable bonds is 13. The van der Waals surface area contributed by atoms with Crippen molar-refractivity contribution in [2.24, 2.45) is 16.2 Å². The second kappa shape index (κ2) is 20.5. The van der Waals surface area contributed by atoms with E-state index >= 15 is 0 Å². The Morgan fingerprint density at radius 3 is 1.56 bits per heavy atom. The number of aryl methyl sites for hydroxylation is 1. The lowest BCUT2D eigenvalue weighted by atomic mass is 9.91. The summed E-state index contributed by atoms with van der Waals surface area (Å²) >= 11 is 17.5. The number of likely N-dealkylation sites (N-methyl/N-ethyl adjacent to an activating group) is 1. The second-order valence-electron chi connectivity index (χ2n) is 14.7. The van der Waals surface area contributed by atoms with Crippen molar-refractivity contribution in [3.63, 3.8) is 0 Å². The molecule has 1 aromatic heterocycles. The number of esters is 3. The molecule has 2 rings (SSSR count). The first kappa shape index (κ1) is 47.4. The van der Waals surface area contributed by atoms with Crippen LogP contribution in [0, 0.1) is 23.2 Å². The standard InChI is InChI=1S/C17H18Cl3N3O2.C11H24NO2.C8H16O3/c1-5-16(3,4)15(24)25-12-8-6-11(7-9-12)13-21-10(2)22-14(23-13)17(18,19)20;1-7-11(2,3)10(13)14-9-8-12(4,5)6;1-4-8(2,3)7(10)11-6-5-9/h6-9H,5H2,1-4H3;7-9H2,1-6H3;9H,4-6H2,1-3H3/q;+1;. The number of carbonyl (C=O) groups excluding carboxylic acids is 3. The van der Waals surface area contributed by atoms with Crippen LogP contribution in [0.15, 0.2) is 24.3 Å². The lowest BCUT2D eigenvalue weighted by Gasteiger charge is -2.25. The van der Waals surface area contributed by atoms with E-state index in [0.717, 1.165) is 23.9 Å². The minimum absolute atomic E-state index is 0.0557. The van der Waals surface area contributed by atoms with Crippen LogP contribution < -0.4 is 4.74 Å². The van der Waals surface area contributed by atoms with Crippen LogP contribution in [-0.4, -0.2) is 90.0 Å². The Morgan fingerprint density at radius 1 is 0.720 bits per heavy atom. The van der Waals surface area contributed by atoms with E-state index in [-0.39, 0.29) is 42.4 Å². The lowest BCUT2D eigenvalue weighted by molar-refractivity contribution is -0.870. The molecular formula is C36H58Cl3N4O7+. The highest BCUT2D eigenvalue weighted by Gasteiger charge is 2.30. The molecule has 0 unspecified atom stereocenters. The molecule has 0 saturated heterocycles. The molecule has 0 aliphatic rings. The third-order valence-corrected chi connectivity index (χ3v) is 8.46. The fraction of sp³-hybridized carbons (Fsp3) is 0.667. The molecule has 11 nitrogen and oxygen atoms in total. The molecule has 1 heterocycles. The van der Waals surface area contributed by atoms with Crippen molar-refractivity contribution in [1.82, 2.24) is 15.0 Å². The first-order chi connectivity index (χ1) is 22.8. The predicted octanol–water partition coefficient (Wildman–Crippen LogP) is 7.65. The third-order valence-electron chi connectivity index (χ3n) is 7.95. The number of hydrogen-bond donors (Lipinski definition) is 1. The van der Waals surface area contributed by atoms with Crippen molar-refractivity contribution < 1.29 is 38.2 Å². The van der Waals surface area contributed by atoms with Crippen molar-refractivity contribution in [3.05, 3.63) is 35.9 Å². The first-order valence-corrected chi connectivity index (χ1v) is 17.8. The van der Waals surface area contributed by atoms with Crippen molar-refractivity contribution >= 4 is 52.7 Å². The summed E-state index contributed by atoms with van der Waals surface area (Å²) < 4.78 is 14.5. The van der Waals surface area contributed by atoms with Crippen LogP contribution in [0.5, 0.6) is 5.75 Å². The molecule has 0 fully saturated rings. The van der Waals surface area contributed by atoms with Crippen LogP contribution in [0.3, 0.4) is 0 Å². The summed E-state index contributed by atoms with van der Waals surface area (Å²) in [5, 5.41) is 8.38. The SMILES string of the molecule is CCC(C)(C)C(=O)OCCO.CCC(C)(C)C(=O)OCC[N+](C)(C)C.CCC(C)(C)C(=O)Oc1ccc(-c2nc(C)nc(C(Cl)(Cl)Cl)n2)cc1. The minimum Gasteiger partial charge on any atom is -0.463 e. The van der Waals surface area contributed by atoms with Gasteiger partial charge in [0.15, 0.2) is 11.6 Å². The average Bonchev–Trinajstić information content (AvgIpc) is 3.03. The summed E-state index contributed by atoms with van der Waals surface area (Å²) in [6.07, 6.45) is 2.25. The maximum Gasteiger partial charge on any atom is 0.316 e. The Balaban J connectivity index is 0.000000812. The van der Waals surface area contributed by atoms with Gasteiger partial charge in [0.2, 0.25) is 3.79 Å². The zero-order valence-corrected chi connectivity index (χ0v) is 34.3. The number of halogens is 3. The number of quaternary nitrogens is 1. The highest BCUT2D eigenvalue weighted by molar-refractivity contribution is 6.66. The molecule has 284 valence electrons. The number of carbonyl (C=O) groups is 3. The van der Waals surface area contributed by atoms with Crippen molar-refractivity contribution in [2.45, 2.75) is 92.3 Å². The summed E-state index contributed by atoms with van der Waals surface area (Å²) in [6.45, 7) is 20.1. The van der Waals surface area contributed by atoms with Gasteiger partial charge in [-0.1, -0.05) is 55.6 Å². The number of aliphatic hydroxyl groups excluding tert-OH is 1. The van der Waals surface area contributed by atoms with Crippen LogP contribution in [0.1, 0.15) is 93.2 Å². The largest absolute Gasteiger partial charge is 0.463 e. The number of alkyl halides is 3. The number of nitrogens with zero attached hydrogens (tertiary/aromatic N) is 4. The fourth-order valence-electron chi connectivity index (χ4n) is 3.03. The van der Waals surface area contributed by atoms with Crippen molar-refractivity contribution in [3.8, 4) is 17.1 Å². The van der Waals surface area contributed by atoms with Gasteiger partial charge in [0.25, 0.3) is 0 Å². The molecule has 14 heteroatoms. The maximum absolute atomic E-state index is 12.1. The van der Waals surface area contributed by atoms with Crippen LogP contribution in [0.2, 0.25) is 0 Å². The molecule has 0 aliphatic heterocycles. The van der Waals surface area contributed by atoms with Gasteiger partial charge in [-0.3, -0.25) is 14.4 Å². The smallest absolute Gasteiger partial charge is 0.316 e. The van der Waals surface area contributed by atoms with Gasteiger partial charge in [-0.25, -0.2) is 15.0 Å². The van der Waals surface area contributed by atoms with Gasteiger partial charge < -0.3 is 23.8 Å². The van der Waals surface area contributed by atoms with Crippen LogP contribution in [0.4, 0.5) is 0 Å². The predicted molar refractivity (Wildman–Crippen MR) is 199 cm³/mol. The Bertz CT molecular complexity index is 1370. The summed E-state index contributed by atoms with van der Waals surface area (Å²) in [5.41, 5.74) is -0.612. The number of aliphatic hydroxyl groups is 1. The van der Waals surface area contributed by atoms with E-state index in [1.807, 2.05) is 62.3 Å². The highest BCUT2D eigenvalue weighted by Crippen LogP contribution is 2.36. The number of aromatic nitrogens is 3. The zero-order valence-electron chi connectivity index (χ0n) is 32.1. The molecule has 0 saturated carbocycles. The second-order valence-corrected chi connectivity index (χ2v) is 16.9. The normalized spacial score (nSPS) is 12.1. The summed E-state index contributed by atoms with van der Waals surface area (Å²) in [4.78, 5) is 47.3. The van der Waals surface area contributed by atoms with Gasteiger partial charge >= 0.3 is 17.9 Å². The Kier molecular flexibility index (Phi) is 19.4. The minimum atomic E-state index is -1.73. The average molecular weight is 765 g/mol. The molecular weight excluding hydrogens is 707 g/mol. The van der Waals surface area contributed by atoms with E-state index in [2.05, 4.69) is 36.1 Å². The molecule has 0 aliphatic carbocycles. The molecule has 0 radical (unpaired) electrons. The van der Waals surface area contributed by atoms with Crippen LogP contribution in [0.25, 0.3) is 11.4 Å². The molecule has 50 heavy (non-hydrogen) atoms. The molecule has 0 spiro atoms. The van der Waals surface area contributed by atoms with Gasteiger partial charge in [0, 0.05) is 5.56 Å². The quantitative estimate of drug-likeness (QED) is 0.0938. The molecule has 1 N–H and O–H groups in total. The van der Waals surface area contributed by atoms with E-state index in [4.69, 9.17) is 54.1 Å². The fourth-order valence-corrected chi connectivity index (χ4v) is 3.28. The molecule has 0 atom stereocenters. The number of ether oxygens (including phenoxy) is 3. The molecule has 2 aromatic rings. The molecule has 0 amide bonds. The van der Waals surface area contributed by atoms with E-state index in [9.17, 15) is 14.4 Å². The third kappa shape index (κ3) is 17.6. The topological polar surface area (TPSA) is 138 Å². The number of benzene rings is 1. The number of hydrogen-bond acceptors (Lipinski definition) is 10. The zero-order chi connectivity index (χ0) is 39.1. The van der Waals surface area contributed by atoms with Crippen LogP contribution >= 0.6 is 34.8 Å². The maximum atomic E-state index is 12.1. The summed E-state index contributed by atoms with van der Waals surface area (Å²) in [5.74, 6) is 0.703. The summed E-state index contributed by atoms with van der Waals surface area (Å²) in [6, 6.07) is 6.82. The van der Waals surface area contributed by atoms with Crippen LogP contribution in [-0.2, 0) is 27.6 Å². The Hall–Kier alpha value is -2.57. The van der Waals surface area contributed by atoms with E-state index in [1.54, 1.807) is 31.2 Å². The van der Waals surface area contributed by atoms with E-state index in [0.29, 0.717) is 36.0 Å². The van der Waals surface area contributed by atoms with E-state index < -0.39 is 14.6 Å². The van der Waals surface area contributed by atoms with Gasteiger partial charge in [-0.2, -0.15) is 0 Å². The molecule has 0 bridgehead atoms. The van der Waals surface area contributed by atoms with Gasteiger partial charge in [0.05, 0.1) is 44.0 Å². The summed E-state index contributed by atoms with van der Waals surface area (Å²) in [7, 11) is 6.25. The van der Waals surface area contributed by atoms with Gasteiger partial charge in [-0.05, 0) is 92.0 Å². The monoisotopic (exact) mass is 763 g/mol. The van der Waals surface area contributed by atoms with Crippen molar-refractivity contribution in [1.29, 1.82) is 0 Å². The first-order valence-electron chi connectivity index (χ1n) is 16.6. The lowest BCUT2D eigenvalue weighted by Crippen LogP contribution is -2.39. The van der Waals surface area contributed by atoms with Crippen molar-refractivity contribution in [2.75, 3.05) is 47.5 Å². The molecule has 1 aromatic carbocycles. The Labute approximate surface area is 314 Å². The van der Waals surface area contributed by atoms with E-state index in [1.165, 1.54) is 0 Å².